The Balaban J connectivity index is 2.26. The summed E-state index contributed by atoms with van der Waals surface area (Å²) in [6, 6.07) is 8.53. The highest BCUT2D eigenvalue weighted by atomic mass is 32.2. The number of carbonyl (C=O) groups is 1. The third kappa shape index (κ3) is 3.85. The van der Waals surface area contributed by atoms with Gasteiger partial charge in [0.2, 0.25) is 10.0 Å². The number of carbonyl (C=O) groups excluding carboxylic acids is 1. The second-order valence-corrected chi connectivity index (χ2v) is 7.31. The Hall–Kier alpha value is -2.12. The number of nitrogens with zero attached hydrogens (tertiary/aromatic N) is 1. The molecule has 0 aliphatic heterocycles. The molecule has 7 heteroatoms. The molecule has 24 heavy (non-hydrogen) atoms. The first-order chi connectivity index (χ1) is 11.3. The Morgan fingerprint density at radius 3 is 2.62 bits per heavy atom. The van der Waals surface area contributed by atoms with E-state index in [0.29, 0.717) is 0 Å². The quantitative estimate of drug-likeness (QED) is 0.812. The van der Waals surface area contributed by atoms with Gasteiger partial charge in [0.05, 0.1) is 6.61 Å². The van der Waals surface area contributed by atoms with Crippen molar-refractivity contribution in [1.29, 1.82) is 0 Å². The minimum absolute atomic E-state index is 0.0356. The van der Waals surface area contributed by atoms with Crippen LogP contribution >= 0.6 is 0 Å². The summed E-state index contributed by atoms with van der Waals surface area (Å²) < 4.78 is 34.2. The van der Waals surface area contributed by atoms with E-state index >= 15 is 0 Å². The maximum Gasteiger partial charge on any atom is 0.354 e. The Morgan fingerprint density at radius 2 is 2.00 bits per heavy atom. The van der Waals surface area contributed by atoms with Crippen molar-refractivity contribution in [2.24, 2.45) is 7.05 Å². The predicted molar refractivity (Wildman–Crippen MR) is 91.3 cm³/mol. The summed E-state index contributed by atoms with van der Waals surface area (Å²) >= 11 is 0. The van der Waals surface area contributed by atoms with Gasteiger partial charge < -0.3 is 9.30 Å². The van der Waals surface area contributed by atoms with Crippen molar-refractivity contribution < 1.29 is 17.9 Å². The Bertz CT molecular complexity index is 840. The van der Waals surface area contributed by atoms with E-state index in [9.17, 15) is 13.2 Å². The number of rotatable bonds is 6. The molecule has 1 unspecified atom stereocenters. The first-order valence-electron chi connectivity index (χ1n) is 7.67. The van der Waals surface area contributed by atoms with Gasteiger partial charge in [-0.2, -0.15) is 0 Å². The van der Waals surface area contributed by atoms with Gasteiger partial charge in [0.1, 0.15) is 10.6 Å². The van der Waals surface area contributed by atoms with E-state index in [1.807, 2.05) is 31.2 Å². The molecular weight excluding hydrogens is 328 g/mol. The maximum atomic E-state index is 12.6. The van der Waals surface area contributed by atoms with Crippen LogP contribution in [0.15, 0.2) is 41.4 Å². The van der Waals surface area contributed by atoms with E-state index in [0.717, 1.165) is 11.1 Å². The van der Waals surface area contributed by atoms with Crippen LogP contribution in [0.4, 0.5) is 0 Å². The molecule has 0 saturated carbocycles. The largest absolute Gasteiger partial charge is 0.461 e. The van der Waals surface area contributed by atoms with Gasteiger partial charge in [-0.15, -0.1) is 0 Å². The van der Waals surface area contributed by atoms with Crippen molar-refractivity contribution in [3.8, 4) is 0 Å². The SMILES string of the molecule is CCOC(=O)c1cc(S(=O)(=O)NC(C)c2ccccc2C)cn1C. The molecule has 0 aliphatic carbocycles. The molecule has 0 saturated heterocycles. The van der Waals surface area contributed by atoms with Crippen LogP contribution in [0.3, 0.4) is 0 Å². The molecule has 1 aromatic carbocycles. The van der Waals surface area contributed by atoms with Gasteiger partial charge in [0, 0.05) is 19.3 Å². The van der Waals surface area contributed by atoms with Crippen LogP contribution in [-0.2, 0) is 21.8 Å². The monoisotopic (exact) mass is 350 g/mol. The number of hydrogen-bond acceptors (Lipinski definition) is 4. The lowest BCUT2D eigenvalue weighted by Crippen LogP contribution is -2.27. The molecule has 0 bridgehead atoms. The third-order valence-corrected chi connectivity index (χ3v) is 5.27. The van der Waals surface area contributed by atoms with E-state index in [1.54, 1.807) is 20.9 Å². The number of aryl methyl sites for hydroxylation is 2. The molecule has 1 heterocycles. The van der Waals surface area contributed by atoms with Crippen molar-refractivity contribution in [3.63, 3.8) is 0 Å². The number of hydrogen-bond donors (Lipinski definition) is 1. The fourth-order valence-electron chi connectivity index (χ4n) is 2.53. The smallest absolute Gasteiger partial charge is 0.354 e. The topological polar surface area (TPSA) is 77.4 Å². The predicted octanol–water partition coefficient (Wildman–Crippen LogP) is 2.55. The number of esters is 1. The lowest BCUT2D eigenvalue weighted by Gasteiger charge is -2.16. The highest BCUT2D eigenvalue weighted by molar-refractivity contribution is 7.89. The van der Waals surface area contributed by atoms with Crippen molar-refractivity contribution in [2.45, 2.75) is 31.7 Å². The van der Waals surface area contributed by atoms with Gasteiger partial charge in [0.15, 0.2) is 0 Å². The molecular formula is C17H22N2O4S. The number of sulfonamides is 1. The summed E-state index contributed by atoms with van der Waals surface area (Å²) in [6.45, 7) is 5.65. The fourth-order valence-corrected chi connectivity index (χ4v) is 3.82. The summed E-state index contributed by atoms with van der Waals surface area (Å²) in [5, 5.41) is 0. The normalized spacial score (nSPS) is 12.8. The van der Waals surface area contributed by atoms with Gasteiger partial charge in [-0.25, -0.2) is 17.9 Å². The van der Waals surface area contributed by atoms with Gasteiger partial charge in [-0.1, -0.05) is 24.3 Å². The maximum absolute atomic E-state index is 12.6. The Kier molecular flexibility index (Phi) is 5.46. The van der Waals surface area contributed by atoms with Crippen molar-refractivity contribution >= 4 is 16.0 Å². The van der Waals surface area contributed by atoms with Gasteiger partial charge in [-0.3, -0.25) is 0 Å². The van der Waals surface area contributed by atoms with E-state index in [4.69, 9.17) is 4.74 Å². The molecule has 0 aliphatic rings. The zero-order chi connectivity index (χ0) is 17.9. The van der Waals surface area contributed by atoms with Crippen LogP contribution in [0.25, 0.3) is 0 Å². The van der Waals surface area contributed by atoms with E-state index in [2.05, 4.69) is 4.72 Å². The average Bonchev–Trinajstić information content (AvgIpc) is 2.90. The molecule has 1 atom stereocenters. The molecule has 1 N–H and O–H groups in total. The minimum Gasteiger partial charge on any atom is -0.461 e. The molecule has 0 amide bonds. The lowest BCUT2D eigenvalue weighted by molar-refractivity contribution is 0.0515. The Labute approximate surface area is 142 Å². The first kappa shape index (κ1) is 18.2. The highest BCUT2D eigenvalue weighted by Crippen LogP contribution is 2.21. The average molecular weight is 350 g/mol. The highest BCUT2D eigenvalue weighted by Gasteiger charge is 2.23. The van der Waals surface area contributed by atoms with Crippen LogP contribution in [0, 0.1) is 6.92 Å². The van der Waals surface area contributed by atoms with Crippen LogP contribution in [0.2, 0.25) is 0 Å². The summed E-state index contributed by atoms with van der Waals surface area (Å²) in [4.78, 5) is 11.9. The van der Waals surface area contributed by atoms with Crippen LogP contribution in [-0.4, -0.2) is 25.6 Å². The standard InChI is InChI=1S/C17H22N2O4S/c1-5-23-17(20)16-10-14(11-19(16)4)24(21,22)18-13(3)15-9-7-6-8-12(15)2/h6-11,13,18H,5H2,1-4H3. The second kappa shape index (κ2) is 7.19. The second-order valence-electron chi connectivity index (χ2n) is 5.59. The molecule has 1 aromatic heterocycles. The van der Waals surface area contributed by atoms with Crippen LogP contribution < -0.4 is 4.72 Å². The van der Waals surface area contributed by atoms with E-state index in [-0.39, 0.29) is 23.2 Å². The zero-order valence-corrected chi connectivity index (χ0v) is 15.1. The number of ether oxygens (including phenoxy) is 1. The number of aromatic nitrogens is 1. The van der Waals surface area contributed by atoms with Crippen LogP contribution in [0.1, 0.15) is 41.5 Å². The number of nitrogens with one attached hydrogen (secondary N) is 1. The molecule has 0 radical (unpaired) electrons. The Morgan fingerprint density at radius 1 is 1.33 bits per heavy atom. The molecule has 2 aromatic rings. The molecule has 6 nitrogen and oxygen atoms in total. The van der Waals surface area contributed by atoms with Crippen molar-refractivity contribution in [1.82, 2.24) is 9.29 Å². The van der Waals surface area contributed by atoms with E-state index in [1.165, 1.54) is 16.8 Å². The minimum atomic E-state index is -3.75. The van der Waals surface area contributed by atoms with Crippen molar-refractivity contribution in [3.05, 3.63) is 53.3 Å². The molecule has 130 valence electrons. The summed E-state index contributed by atoms with van der Waals surface area (Å²) in [6.07, 6.45) is 1.40. The van der Waals surface area contributed by atoms with Gasteiger partial charge >= 0.3 is 5.97 Å². The number of benzene rings is 1. The fraction of sp³-hybridized carbons (Fsp3) is 0.353. The molecule has 0 fully saturated rings. The summed E-state index contributed by atoms with van der Waals surface area (Å²) in [5.41, 5.74) is 2.11. The van der Waals surface area contributed by atoms with Gasteiger partial charge in [-0.05, 0) is 38.0 Å². The lowest BCUT2D eigenvalue weighted by atomic mass is 10.0. The molecule has 2 rings (SSSR count). The zero-order valence-electron chi connectivity index (χ0n) is 14.2. The van der Waals surface area contributed by atoms with Crippen LogP contribution in [0.5, 0.6) is 0 Å². The summed E-state index contributed by atoms with van der Waals surface area (Å²) in [7, 11) is -2.15. The van der Waals surface area contributed by atoms with Gasteiger partial charge in [0.25, 0.3) is 0 Å². The third-order valence-electron chi connectivity index (χ3n) is 3.76. The van der Waals surface area contributed by atoms with E-state index < -0.39 is 16.0 Å². The summed E-state index contributed by atoms with van der Waals surface area (Å²) in [5.74, 6) is -0.548. The first-order valence-corrected chi connectivity index (χ1v) is 9.16. The van der Waals surface area contributed by atoms with Crippen molar-refractivity contribution in [2.75, 3.05) is 6.61 Å². The molecule has 0 spiro atoms.